The van der Waals surface area contributed by atoms with Crippen molar-refractivity contribution in [2.45, 2.75) is 25.1 Å². The van der Waals surface area contributed by atoms with Gasteiger partial charge in [0.1, 0.15) is 18.4 Å². The molecule has 0 spiro atoms. The molecule has 0 saturated carbocycles. The average molecular weight is 405 g/mol. The van der Waals surface area contributed by atoms with Crippen LogP contribution in [0.15, 0.2) is 54.7 Å². The van der Waals surface area contributed by atoms with Crippen LogP contribution < -0.4 is 0 Å². The summed E-state index contributed by atoms with van der Waals surface area (Å²) in [6.07, 6.45) is -10.2. The molecule has 1 aromatic carbocycles. The lowest BCUT2D eigenvalue weighted by atomic mass is 10.0. The number of aliphatic hydroxyl groups excluding tert-OH is 1. The first-order chi connectivity index (χ1) is 12.9. The minimum atomic E-state index is -4.66. The zero-order valence-electron chi connectivity index (χ0n) is 14.0. The van der Waals surface area contributed by atoms with Crippen LogP contribution in [0, 0.1) is 0 Å². The summed E-state index contributed by atoms with van der Waals surface area (Å²) >= 11 is 0. The number of hydrogen-bond acceptors (Lipinski definition) is 4. The largest absolute Gasteiger partial charge is 0.457 e. The van der Waals surface area contributed by atoms with Gasteiger partial charge in [-0.25, -0.2) is 4.79 Å². The Balaban J connectivity index is 2.01. The van der Waals surface area contributed by atoms with E-state index in [0.29, 0.717) is 6.07 Å². The number of pyridine rings is 1. The molecule has 1 N–H and O–H groups in total. The minimum Gasteiger partial charge on any atom is -0.457 e. The highest BCUT2D eigenvalue weighted by Crippen LogP contribution is 2.30. The molecule has 1 unspecified atom stereocenters. The highest BCUT2D eigenvalue weighted by Gasteiger charge is 2.33. The van der Waals surface area contributed by atoms with Crippen molar-refractivity contribution in [3.05, 3.63) is 77.1 Å². The van der Waals surface area contributed by atoms with Gasteiger partial charge in [-0.3, -0.25) is 4.98 Å². The molecule has 4 nitrogen and oxygen atoms in total. The van der Waals surface area contributed by atoms with Crippen LogP contribution in [0.25, 0.3) is 0 Å². The second-order valence-electron chi connectivity index (χ2n) is 5.68. The maximum absolute atomic E-state index is 12.7. The number of aliphatic hydroxyl groups is 1. The van der Waals surface area contributed by atoms with Gasteiger partial charge in [-0.2, -0.15) is 26.3 Å². The smallest absolute Gasteiger partial charge is 0.433 e. The Labute approximate surface area is 155 Å². The first kappa shape index (κ1) is 21.4. The second kappa shape index (κ2) is 8.01. The number of aromatic nitrogens is 1. The van der Waals surface area contributed by atoms with E-state index in [1.807, 2.05) is 0 Å². The lowest BCUT2D eigenvalue weighted by molar-refractivity contribution is -0.142. The van der Waals surface area contributed by atoms with Crippen molar-refractivity contribution in [3.8, 4) is 0 Å². The molecule has 28 heavy (non-hydrogen) atoms. The van der Waals surface area contributed by atoms with E-state index < -0.39 is 47.9 Å². The molecule has 2 aromatic rings. The fourth-order valence-corrected chi connectivity index (χ4v) is 2.13. The zero-order chi connectivity index (χ0) is 21.1. The van der Waals surface area contributed by atoms with Crippen molar-refractivity contribution in [1.82, 2.24) is 4.98 Å². The molecule has 0 amide bonds. The van der Waals surface area contributed by atoms with Gasteiger partial charge in [-0.05, 0) is 23.8 Å². The Morgan fingerprint density at radius 1 is 1.11 bits per heavy atom. The van der Waals surface area contributed by atoms with Gasteiger partial charge < -0.3 is 9.84 Å². The number of esters is 1. The van der Waals surface area contributed by atoms with Crippen LogP contribution >= 0.6 is 0 Å². The molecule has 2 rings (SSSR count). The van der Waals surface area contributed by atoms with E-state index >= 15 is 0 Å². The number of carbonyl (C=O) groups excluding carboxylic acids is 1. The lowest BCUT2D eigenvalue weighted by Crippen LogP contribution is -2.15. The lowest BCUT2D eigenvalue weighted by Gasteiger charge is -2.14. The molecule has 0 aliphatic heterocycles. The minimum absolute atomic E-state index is 0.0571. The molecule has 1 heterocycles. The number of benzene rings is 1. The number of carbonyl (C=O) groups is 1. The van der Waals surface area contributed by atoms with Crippen molar-refractivity contribution in [3.63, 3.8) is 0 Å². The van der Waals surface area contributed by atoms with E-state index in [1.54, 1.807) is 0 Å². The Bertz CT molecular complexity index is 859. The first-order valence-electron chi connectivity index (χ1n) is 7.63. The Morgan fingerprint density at radius 2 is 1.79 bits per heavy atom. The van der Waals surface area contributed by atoms with Crippen molar-refractivity contribution in [2.24, 2.45) is 0 Å². The topological polar surface area (TPSA) is 59.4 Å². The molecule has 1 atom stereocenters. The molecular weight excluding hydrogens is 392 g/mol. The maximum atomic E-state index is 12.7. The molecule has 0 fully saturated rings. The summed E-state index contributed by atoms with van der Waals surface area (Å²) in [4.78, 5) is 15.1. The molecule has 0 bridgehead atoms. The number of hydrogen-bond donors (Lipinski definition) is 1. The van der Waals surface area contributed by atoms with Crippen LogP contribution in [0.5, 0.6) is 0 Å². The summed E-state index contributed by atoms with van der Waals surface area (Å²) < 4.78 is 80.2. The van der Waals surface area contributed by atoms with Gasteiger partial charge >= 0.3 is 18.3 Å². The predicted molar refractivity (Wildman–Crippen MR) is 84.6 cm³/mol. The van der Waals surface area contributed by atoms with Gasteiger partial charge in [0, 0.05) is 11.8 Å². The molecule has 150 valence electrons. The summed E-state index contributed by atoms with van der Waals surface area (Å²) in [7, 11) is 0. The Kier molecular flexibility index (Phi) is 6.13. The van der Waals surface area contributed by atoms with Crippen molar-refractivity contribution in [2.75, 3.05) is 0 Å². The fraction of sp³-hybridized carbons (Fsp3) is 0.222. The molecule has 10 heteroatoms. The quantitative estimate of drug-likeness (QED) is 0.454. The van der Waals surface area contributed by atoms with E-state index in [-0.39, 0.29) is 11.1 Å². The second-order valence-corrected chi connectivity index (χ2v) is 5.68. The summed E-state index contributed by atoms with van der Waals surface area (Å²) in [5, 5.41) is 10.0. The monoisotopic (exact) mass is 405 g/mol. The number of alkyl halides is 6. The summed E-state index contributed by atoms with van der Waals surface area (Å²) in [6, 6.07) is 5.65. The standard InChI is InChI=1S/C18H13F6NO3/c1-10(15(26)12-5-6-14(25-8-12)18(22,23)24)16(27)28-9-11-3-2-4-13(7-11)17(19,20)21/h2-8,15,26H,1,9H2. The van der Waals surface area contributed by atoms with E-state index in [0.717, 1.165) is 30.5 Å². The molecule has 0 radical (unpaired) electrons. The fourth-order valence-electron chi connectivity index (χ4n) is 2.13. The first-order valence-corrected chi connectivity index (χ1v) is 7.63. The van der Waals surface area contributed by atoms with Crippen LogP contribution in [0.2, 0.25) is 0 Å². The van der Waals surface area contributed by atoms with Gasteiger partial charge in [-0.1, -0.05) is 24.8 Å². The van der Waals surface area contributed by atoms with Gasteiger partial charge in [-0.15, -0.1) is 0 Å². The SMILES string of the molecule is C=C(C(=O)OCc1cccc(C(F)(F)F)c1)C(O)c1ccc(C(F)(F)F)nc1. The third-order valence-corrected chi connectivity index (χ3v) is 3.61. The van der Waals surface area contributed by atoms with Crippen LogP contribution in [0.4, 0.5) is 26.3 Å². The number of rotatable bonds is 5. The molecule has 0 saturated heterocycles. The van der Waals surface area contributed by atoms with Crippen molar-refractivity contribution < 1.29 is 41.0 Å². The van der Waals surface area contributed by atoms with Crippen LogP contribution in [-0.4, -0.2) is 16.1 Å². The van der Waals surface area contributed by atoms with Gasteiger partial charge in [0.25, 0.3) is 0 Å². The number of ether oxygens (including phenoxy) is 1. The van der Waals surface area contributed by atoms with E-state index in [4.69, 9.17) is 4.74 Å². The molecular formula is C18H13F6NO3. The van der Waals surface area contributed by atoms with Gasteiger partial charge in [0.05, 0.1) is 11.1 Å². The molecule has 0 aliphatic carbocycles. The highest BCUT2D eigenvalue weighted by molar-refractivity contribution is 5.89. The summed E-state index contributed by atoms with van der Waals surface area (Å²) in [6.45, 7) is 2.80. The van der Waals surface area contributed by atoms with Crippen molar-refractivity contribution in [1.29, 1.82) is 0 Å². The normalized spacial score (nSPS) is 13.1. The maximum Gasteiger partial charge on any atom is 0.433 e. The Hall–Kier alpha value is -2.88. The van der Waals surface area contributed by atoms with Crippen LogP contribution in [0.1, 0.15) is 28.5 Å². The summed E-state index contributed by atoms with van der Waals surface area (Å²) in [5.41, 5.74) is -2.68. The summed E-state index contributed by atoms with van der Waals surface area (Å²) in [5.74, 6) is -1.12. The third kappa shape index (κ3) is 5.32. The molecule has 1 aromatic heterocycles. The highest BCUT2D eigenvalue weighted by atomic mass is 19.4. The zero-order valence-corrected chi connectivity index (χ0v) is 14.0. The third-order valence-electron chi connectivity index (χ3n) is 3.61. The Morgan fingerprint density at radius 3 is 2.32 bits per heavy atom. The van der Waals surface area contributed by atoms with Gasteiger partial charge in [0.2, 0.25) is 0 Å². The number of nitrogens with zero attached hydrogens (tertiary/aromatic N) is 1. The van der Waals surface area contributed by atoms with Crippen LogP contribution in [0.3, 0.4) is 0 Å². The average Bonchev–Trinajstić information content (AvgIpc) is 2.64. The van der Waals surface area contributed by atoms with Crippen LogP contribution in [-0.2, 0) is 28.5 Å². The predicted octanol–water partition coefficient (Wildman–Crippen LogP) is 4.45. The van der Waals surface area contributed by atoms with Gasteiger partial charge in [0.15, 0.2) is 0 Å². The van der Waals surface area contributed by atoms with E-state index in [9.17, 15) is 36.2 Å². The number of halogens is 6. The van der Waals surface area contributed by atoms with Crippen molar-refractivity contribution >= 4 is 5.97 Å². The molecule has 0 aliphatic rings. The van der Waals surface area contributed by atoms with E-state index in [2.05, 4.69) is 11.6 Å². The van der Waals surface area contributed by atoms with E-state index in [1.165, 1.54) is 6.07 Å².